The fourth-order valence-electron chi connectivity index (χ4n) is 2.41. The van der Waals surface area contributed by atoms with E-state index in [0.29, 0.717) is 17.0 Å². The fraction of sp³-hybridized carbons (Fsp3) is 0.353. The van der Waals surface area contributed by atoms with Crippen molar-refractivity contribution < 1.29 is 19.6 Å². The van der Waals surface area contributed by atoms with E-state index in [1.54, 1.807) is 17.5 Å². The van der Waals surface area contributed by atoms with Gasteiger partial charge in [-0.2, -0.15) is 0 Å². The van der Waals surface area contributed by atoms with Crippen LogP contribution in [0.3, 0.4) is 0 Å². The summed E-state index contributed by atoms with van der Waals surface area (Å²) < 4.78 is 0. The molecular formula is C17H19N3O5S. The van der Waals surface area contributed by atoms with Crippen LogP contribution >= 0.6 is 11.3 Å². The molecule has 1 aromatic carbocycles. The van der Waals surface area contributed by atoms with Gasteiger partial charge >= 0.3 is 5.97 Å². The molecule has 0 bridgehead atoms. The van der Waals surface area contributed by atoms with Gasteiger partial charge in [0.1, 0.15) is 10.7 Å². The average Bonchev–Trinajstić information content (AvgIpc) is 3.08. The summed E-state index contributed by atoms with van der Waals surface area (Å²) in [6.07, 6.45) is 0.464. The number of non-ortho nitro benzene ring substituents is 1. The third kappa shape index (κ3) is 5.09. The smallest absolute Gasteiger partial charge is 0.308 e. The molecule has 1 heterocycles. The molecule has 0 spiro atoms. The molecule has 1 amide bonds. The van der Waals surface area contributed by atoms with Gasteiger partial charge in [-0.25, -0.2) is 4.98 Å². The van der Waals surface area contributed by atoms with E-state index >= 15 is 0 Å². The van der Waals surface area contributed by atoms with Crippen molar-refractivity contribution in [1.29, 1.82) is 0 Å². The highest BCUT2D eigenvalue weighted by molar-refractivity contribution is 7.13. The summed E-state index contributed by atoms with van der Waals surface area (Å²) in [6, 6.07) is 6.00. The summed E-state index contributed by atoms with van der Waals surface area (Å²) in [6.45, 7) is 3.86. The summed E-state index contributed by atoms with van der Waals surface area (Å²) in [5, 5.41) is 24.7. The molecule has 1 unspecified atom stereocenters. The van der Waals surface area contributed by atoms with E-state index in [2.05, 4.69) is 10.3 Å². The van der Waals surface area contributed by atoms with Crippen LogP contribution < -0.4 is 5.32 Å². The molecule has 0 saturated carbocycles. The van der Waals surface area contributed by atoms with Gasteiger partial charge < -0.3 is 10.4 Å². The highest BCUT2D eigenvalue weighted by atomic mass is 32.1. The van der Waals surface area contributed by atoms with Crippen LogP contribution in [0.15, 0.2) is 29.6 Å². The van der Waals surface area contributed by atoms with Crippen LogP contribution in [0.4, 0.5) is 5.69 Å². The molecule has 2 N–H and O–H groups in total. The number of rotatable bonds is 8. The maximum atomic E-state index is 12.2. The molecule has 8 nitrogen and oxygen atoms in total. The Kier molecular flexibility index (Phi) is 6.40. The van der Waals surface area contributed by atoms with Crippen molar-refractivity contribution in [3.05, 3.63) is 45.5 Å². The van der Waals surface area contributed by atoms with Gasteiger partial charge in [0.2, 0.25) is 0 Å². The van der Waals surface area contributed by atoms with Gasteiger partial charge in [0.05, 0.1) is 10.8 Å². The van der Waals surface area contributed by atoms with Crippen molar-refractivity contribution in [3.8, 4) is 10.6 Å². The lowest BCUT2D eigenvalue weighted by Gasteiger charge is -2.14. The van der Waals surface area contributed by atoms with Crippen molar-refractivity contribution in [1.82, 2.24) is 10.3 Å². The molecule has 0 radical (unpaired) electrons. The first-order valence-electron chi connectivity index (χ1n) is 7.99. The van der Waals surface area contributed by atoms with E-state index in [-0.39, 0.29) is 23.8 Å². The molecule has 9 heteroatoms. The third-order valence-electron chi connectivity index (χ3n) is 3.65. The summed E-state index contributed by atoms with van der Waals surface area (Å²) in [5.41, 5.74) is 0.651. The van der Waals surface area contributed by atoms with Crippen LogP contribution in [-0.2, 0) is 4.79 Å². The number of nitro benzene ring substituents is 1. The maximum absolute atomic E-state index is 12.2. The molecule has 2 rings (SSSR count). The highest BCUT2D eigenvalue weighted by Crippen LogP contribution is 2.26. The molecule has 26 heavy (non-hydrogen) atoms. The minimum atomic E-state index is -0.949. The number of carboxylic acid groups (broad SMARTS) is 1. The Morgan fingerprint density at radius 2 is 2.12 bits per heavy atom. The minimum Gasteiger partial charge on any atom is -0.481 e. The lowest BCUT2D eigenvalue weighted by atomic mass is 9.97. The van der Waals surface area contributed by atoms with Crippen molar-refractivity contribution in [3.63, 3.8) is 0 Å². The monoisotopic (exact) mass is 377 g/mol. The molecule has 2 aromatic rings. The largest absolute Gasteiger partial charge is 0.481 e. The number of nitrogens with one attached hydrogen (secondary N) is 1. The number of thiazole rings is 1. The highest BCUT2D eigenvalue weighted by Gasteiger charge is 2.21. The predicted octanol–water partition coefficient (Wildman–Crippen LogP) is 3.20. The zero-order valence-corrected chi connectivity index (χ0v) is 15.2. The van der Waals surface area contributed by atoms with E-state index in [1.807, 2.05) is 13.8 Å². The predicted molar refractivity (Wildman–Crippen MR) is 97.1 cm³/mol. The topological polar surface area (TPSA) is 122 Å². The molecule has 0 aliphatic carbocycles. The SMILES string of the molecule is CC(C)CC(CNC(=O)c1csc(-c2cccc([N+](=O)[O-])c2)n1)C(=O)O. The van der Waals surface area contributed by atoms with Crippen molar-refractivity contribution in [2.75, 3.05) is 6.54 Å². The van der Waals surface area contributed by atoms with Gasteiger partial charge in [0.25, 0.3) is 11.6 Å². The second-order valence-electron chi connectivity index (χ2n) is 6.22. The first-order chi connectivity index (χ1) is 12.3. The standard InChI is InChI=1S/C17H19N3O5S/c1-10(2)6-12(17(22)23)8-18-15(21)14-9-26-16(19-14)11-4-3-5-13(7-11)20(24)25/h3-5,7,9-10,12H,6,8H2,1-2H3,(H,18,21)(H,22,23). The first kappa shape index (κ1) is 19.5. The number of carbonyl (C=O) groups is 2. The number of hydrogen-bond acceptors (Lipinski definition) is 6. The van der Waals surface area contributed by atoms with Crippen LogP contribution in [0.2, 0.25) is 0 Å². The fourth-order valence-corrected chi connectivity index (χ4v) is 3.21. The molecular weight excluding hydrogens is 358 g/mol. The van der Waals surface area contributed by atoms with Crippen LogP contribution in [0.5, 0.6) is 0 Å². The lowest BCUT2D eigenvalue weighted by molar-refractivity contribution is -0.384. The zero-order chi connectivity index (χ0) is 19.3. The van der Waals surface area contributed by atoms with Gasteiger partial charge in [0.15, 0.2) is 0 Å². The first-order valence-corrected chi connectivity index (χ1v) is 8.87. The van der Waals surface area contributed by atoms with Crippen molar-refractivity contribution in [2.24, 2.45) is 11.8 Å². The molecule has 1 atom stereocenters. The van der Waals surface area contributed by atoms with Gasteiger partial charge in [-0.15, -0.1) is 11.3 Å². The average molecular weight is 377 g/mol. The van der Waals surface area contributed by atoms with Crippen LogP contribution in [0.25, 0.3) is 10.6 Å². The Balaban J connectivity index is 2.07. The van der Waals surface area contributed by atoms with Crippen molar-refractivity contribution >= 4 is 28.9 Å². The minimum absolute atomic E-state index is 0.0238. The van der Waals surface area contributed by atoms with Gasteiger partial charge in [0, 0.05) is 29.6 Å². The Hall–Kier alpha value is -2.81. The molecule has 0 saturated heterocycles. The Labute approximate surface area is 154 Å². The van der Waals surface area contributed by atoms with E-state index in [4.69, 9.17) is 0 Å². The number of aliphatic carboxylic acids is 1. The number of nitro groups is 1. The van der Waals surface area contributed by atoms with E-state index in [1.165, 1.54) is 23.5 Å². The molecule has 0 aliphatic heterocycles. The summed E-state index contributed by atoms with van der Waals surface area (Å²) in [5.74, 6) is -1.87. The Bertz CT molecular complexity index is 818. The summed E-state index contributed by atoms with van der Waals surface area (Å²) >= 11 is 1.19. The van der Waals surface area contributed by atoms with E-state index < -0.39 is 22.7 Å². The second kappa shape index (κ2) is 8.52. The van der Waals surface area contributed by atoms with Crippen LogP contribution in [0, 0.1) is 22.0 Å². The van der Waals surface area contributed by atoms with Crippen LogP contribution in [-0.4, -0.2) is 33.4 Å². The number of carboxylic acids is 1. The summed E-state index contributed by atoms with van der Waals surface area (Å²) in [4.78, 5) is 38.0. The molecule has 0 fully saturated rings. The maximum Gasteiger partial charge on any atom is 0.308 e. The van der Waals surface area contributed by atoms with Gasteiger partial charge in [-0.05, 0) is 12.3 Å². The third-order valence-corrected chi connectivity index (χ3v) is 4.55. The number of hydrogen-bond donors (Lipinski definition) is 2. The number of benzene rings is 1. The number of carbonyl (C=O) groups excluding carboxylic acids is 1. The normalized spacial score (nSPS) is 12.0. The number of nitrogens with zero attached hydrogens (tertiary/aromatic N) is 2. The molecule has 0 aliphatic rings. The number of amides is 1. The molecule has 1 aromatic heterocycles. The number of aromatic nitrogens is 1. The van der Waals surface area contributed by atoms with Crippen molar-refractivity contribution in [2.45, 2.75) is 20.3 Å². The second-order valence-corrected chi connectivity index (χ2v) is 7.08. The lowest BCUT2D eigenvalue weighted by Crippen LogP contribution is -2.33. The zero-order valence-electron chi connectivity index (χ0n) is 14.3. The Morgan fingerprint density at radius 3 is 2.73 bits per heavy atom. The van der Waals surface area contributed by atoms with E-state index in [0.717, 1.165) is 0 Å². The van der Waals surface area contributed by atoms with Crippen LogP contribution in [0.1, 0.15) is 30.8 Å². The molecule has 138 valence electrons. The van der Waals surface area contributed by atoms with Gasteiger partial charge in [-0.1, -0.05) is 26.0 Å². The quantitative estimate of drug-likeness (QED) is 0.538. The van der Waals surface area contributed by atoms with E-state index in [9.17, 15) is 24.8 Å². The van der Waals surface area contributed by atoms with Gasteiger partial charge in [-0.3, -0.25) is 19.7 Å². The summed E-state index contributed by atoms with van der Waals surface area (Å²) in [7, 11) is 0. The Morgan fingerprint density at radius 1 is 1.38 bits per heavy atom.